The third-order valence-electron chi connectivity index (χ3n) is 2.71. The smallest absolute Gasteiger partial charge is 0.229 e. The molecule has 2 rings (SSSR count). The van der Waals surface area contributed by atoms with Gasteiger partial charge < -0.3 is 10.5 Å². The maximum Gasteiger partial charge on any atom is 0.229 e. The van der Waals surface area contributed by atoms with Gasteiger partial charge in [-0.2, -0.15) is 0 Å². The summed E-state index contributed by atoms with van der Waals surface area (Å²) in [6, 6.07) is 11.6. The van der Waals surface area contributed by atoms with Crippen LogP contribution in [0.2, 0.25) is 0 Å². The zero-order valence-electron chi connectivity index (χ0n) is 10.8. The van der Waals surface area contributed by atoms with Crippen LogP contribution < -0.4 is 10.5 Å². The van der Waals surface area contributed by atoms with Crippen molar-refractivity contribution in [2.24, 2.45) is 5.73 Å². The highest BCUT2D eigenvalue weighted by Gasteiger charge is 2.08. The van der Waals surface area contributed by atoms with Crippen LogP contribution in [0.3, 0.4) is 0 Å². The predicted octanol–water partition coefficient (Wildman–Crippen LogP) is 3.46. The van der Waals surface area contributed by atoms with Crippen LogP contribution in [0.4, 0.5) is 0 Å². The van der Waals surface area contributed by atoms with E-state index < -0.39 is 0 Å². The molecule has 1 aromatic heterocycles. The Morgan fingerprint density at radius 2 is 2.00 bits per heavy atom. The number of hydrogen-bond acceptors (Lipinski definition) is 3. The summed E-state index contributed by atoms with van der Waals surface area (Å²) in [5.74, 6) is 1.18. The number of hydrogen-bond donors (Lipinski definition) is 1. The third-order valence-corrected chi connectivity index (χ3v) is 2.93. The first kappa shape index (κ1) is 13.5. The Balaban J connectivity index is 2.19. The number of ether oxygens (including phenoxy) is 1. The molecule has 2 N–H and O–H groups in total. The van der Waals surface area contributed by atoms with Crippen LogP contribution in [0.25, 0.3) is 0 Å². The summed E-state index contributed by atoms with van der Waals surface area (Å²) in [4.78, 5) is 4.45. The van der Waals surface area contributed by atoms with E-state index in [9.17, 15) is 0 Å². The Hall–Kier alpha value is -1.94. The summed E-state index contributed by atoms with van der Waals surface area (Å²) in [5.41, 5.74) is 7.59. The summed E-state index contributed by atoms with van der Waals surface area (Å²) < 4.78 is 5.73. The molecule has 2 aromatic rings. The molecule has 4 heteroatoms. The molecule has 0 aliphatic rings. The lowest BCUT2D eigenvalue weighted by Gasteiger charge is -2.09. The number of nitrogens with two attached hydrogens (primary N) is 1. The van der Waals surface area contributed by atoms with Crippen molar-refractivity contribution in [1.82, 2.24) is 4.98 Å². The Kier molecular flexibility index (Phi) is 4.47. The highest BCUT2D eigenvalue weighted by molar-refractivity contribution is 7.80. The van der Waals surface area contributed by atoms with Gasteiger partial charge >= 0.3 is 0 Å². The molecule has 3 nitrogen and oxygen atoms in total. The lowest BCUT2D eigenvalue weighted by atomic mass is 10.1. The number of thiocarbonyl (C=S) groups is 1. The van der Waals surface area contributed by atoms with Crippen molar-refractivity contribution in [3.8, 4) is 11.6 Å². The SMILES string of the molecule is CCCc1ccc(Oc2ncccc2C(N)=S)cc1. The number of rotatable bonds is 5. The molecule has 0 bridgehead atoms. The first-order valence-electron chi connectivity index (χ1n) is 6.22. The first-order valence-corrected chi connectivity index (χ1v) is 6.63. The molecule has 19 heavy (non-hydrogen) atoms. The molecule has 0 spiro atoms. The van der Waals surface area contributed by atoms with Gasteiger partial charge in [-0.25, -0.2) is 4.98 Å². The average Bonchev–Trinajstić information content (AvgIpc) is 2.42. The lowest BCUT2D eigenvalue weighted by Crippen LogP contribution is -2.11. The van der Waals surface area contributed by atoms with Gasteiger partial charge in [-0.1, -0.05) is 37.7 Å². The molecule has 0 saturated heterocycles. The van der Waals surface area contributed by atoms with Crippen LogP contribution in [-0.2, 0) is 6.42 Å². The minimum atomic E-state index is 0.283. The molecule has 0 fully saturated rings. The number of aromatic nitrogens is 1. The minimum Gasteiger partial charge on any atom is -0.438 e. The van der Waals surface area contributed by atoms with E-state index >= 15 is 0 Å². The molecule has 0 amide bonds. The molecule has 1 heterocycles. The van der Waals surface area contributed by atoms with E-state index in [1.807, 2.05) is 12.1 Å². The highest BCUT2D eigenvalue weighted by Crippen LogP contribution is 2.23. The first-order chi connectivity index (χ1) is 9.20. The van der Waals surface area contributed by atoms with Gasteiger partial charge in [0, 0.05) is 6.20 Å². The standard InChI is InChI=1S/C15H16N2OS/c1-2-4-11-6-8-12(9-7-11)18-15-13(14(16)19)5-3-10-17-15/h3,5-10H,2,4H2,1H3,(H2,16,19). The van der Waals surface area contributed by atoms with Crippen molar-refractivity contribution in [2.75, 3.05) is 0 Å². The van der Waals surface area contributed by atoms with Crippen LogP contribution in [0, 0.1) is 0 Å². The Bertz CT molecular complexity index is 567. The largest absolute Gasteiger partial charge is 0.438 e. The summed E-state index contributed by atoms with van der Waals surface area (Å²) in [7, 11) is 0. The second-order valence-corrected chi connectivity index (χ2v) is 4.66. The van der Waals surface area contributed by atoms with Crippen LogP contribution >= 0.6 is 12.2 Å². The summed E-state index contributed by atoms with van der Waals surface area (Å²) in [6.07, 6.45) is 3.86. The Morgan fingerprint density at radius 3 is 2.63 bits per heavy atom. The van der Waals surface area contributed by atoms with Gasteiger partial charge in [-0.3, -0.25) is 0 Å². The summed E-state index contributed by atoms with van der Waals surface area (Å²) >= 11 is 4.98. The topological polar surface area (TPSA) is 48.1 Å². The molecule has 0 aliphatic heterocycles. The number of pyridine rings is 1. The van der Waals surface area contributed by atoms with E-state index in [-0.39, 0.29) is 4.99 Å². The normalized spacial score (nSPS) is 10.2. The fourth-order valence-electron chi connectivity index (χ4n) is 1.78. The molecule has 98 valence electrons. The third kappa shape index (κ3) is 3.51. The summed E-state index contributed by atoms with van der Waals surface area (Å²) in [5, 5.41) is 0. The quantitative estimate of drug-likeness (QED) is 0.847. The second kappa shape index (κ2) is 6.29. The average molecular weight is 272 g/mol. The van der Waals surface area contributed by atoms with E-state index in [0.29, 0.717) is 11.4 Å². The van der Waals surface area contributed by atoms with E-state index in [0.717, 1.165) is 18.6 Å². The van der Waals surface area contributed by atoms with Crippen LogP contribution in [-0.4, -0.2) is 9.97 Å². The van der Waals surface area contributed by atoms with Crippen molar-refractivity contribution < 1.29 is 4.74 Å². The summed E-state index contributed by atoms with van der Waals surface area (Å²) in [6.45, 7) is 2.16. The molecule has 0 saturated carbocycles. The zero-order chi connectivity index (χ0) is 13.7. The van der Waals surface area contributed by atoms with Gasteiger partial charge in [0.05, 0.1) is 5.56 Å². The van der Waals surface area contributed by atoms with Gasteiger partial charge in [-0.15, -0.1) is 0 Å². The number of aryl methyl sites for hydroxylation is 1. The van der Waals surface area contributed by atoms with Crippen molar-refractivity contribution >= 4 is 17.2 Å². The number of nitrogens with zero attached hydrogens (tertiary/aromatic N) is 1. The van der Waals surface area contributed by atoms with Crippen LogP contribution in [0.1, 0.15) is 24.5 Å². The fraction of sp³-hybridized carbons (Fsp3) is 0.200. The van der Waals surface area contributed by atoms with Crippen molar-refractivity contribution in [2.45, 2.75) is 19.8 Å². The van der Waals surface area contributed by atoms with Gasteiger partial charge in [0.2, 0.25) is 5.88 Å². The highest BCUT2D eigenvalue weighted by atomic mass is 32.1. The molecule has 0 radical (unpaired) electrons. The molecular formula is C15H16N2OS. The van der Waals surface area contributed by atoms with Crippen molar-refractivity contribution in [3.05, 3.63) is 53.7 Å². The number of benzene rings is 1. The van der Waals surface area contributed by atoms with Gasteiger partial charge in [-0.05, 0) is 36.2 Å². The van der Waals surface area contributed by atoms with Gasteiger partial charge in [0.25, 0.3) is 0 Å². The monoisotopic (exact) mass is 272 g/mol. The van der Waals surface area contributed by atoms with Crippen LogP contribution in [0.15, 0.2) is 42.6 Å². The van der Waals surface area contributed by atoms with Gasteiger partial charge in [0.1, 0.15) is 10.7 Å². The Labute approximate surface area is 118 Å². The maximum absolute atomic E-state index is 5.73. The van der Waals surface area contributed by atoms with Crippen LogP contribution in [0.5, 0.6) is 11.6 Å². The molecule has 0 aliphatic carbocycles. The predicted molar refractivity (Wildman–Crippen MR) is 80.6 cm³/mol. The molecular weight excluding hydrogens is 256 g/mol. The second-order valence-electron chi connectivity index (χ2n) is 4.22. The molecule has 0 unspecified atom stereocenters. The zero-order valence-corrected chi connectivity index (χ0v) is 11.6. The Morgan fingerprint density at radius 1 is 1.26 bits per heavy atom. The van der Waals surface area contributed by atoms with Crippen molar-refractivity contribution in [3.63, 3.8) is 0 Å². The van der Waals surface area contributed by atoms with E-state index in [2.05, 4.69) is 24.0 Å². The molecule has 0 atom stereocenters. The van der Waals surface area contributed by atoms with E-state index in [1.165, 1.54) is 5.56 Å². The minimum absolute atomic E-state index is 0.283. The fourth-order valence-corrected chi connectivity index (χ4v) is 1.94. The van der Waals surface area contributed by atoms with Crippen molar-refractivity contribution in [1.29, 1.82) is 0 Å². The molecule has 1 aromatic carbocycles. The van der Waals surface area contributed by atoms with E-state index in [1.54, 1.807) is 18.3 Å². The lowest BCUT2D eigenvalue weighted by molar-refractivity contribution is 0.462. The van der Waals surface area contributed by atoms with Gasteiger partial charge in [0.15, 0.2) is 0 Å². The van der Waals surface area contributed by atoms with E-state index in [4.69, 9.17) is 22.7 Å². The maximum atomic E-state index is 5.73.